The van der Waals surface area contributed by atoms with Crippen molar-refractivity contribution in [2.75, 3.05) is 6.61 Å². The maximum atomic E-state index is 12.6. The number of hydrogen-bond acceptors (Lipinski definition) is 17. The van der Waals surface area contributed by atoms with Crippen LogP contribution in [0.25, 0.3) is 0 Å². The van der Waals surface area contributed by atoms with Crippen LogP contribution in [0.4, 0.5) is 0 Å². The number of carboxylic acids is 1. The zero-order valence-electron chi connectivity index (χ0n) is 37.5. The van der Waals surface area contributed by atoms with Crippen molar-refractivity contribution in [1.29, 1.82) is 0 Å². The third kappa shape index (κ3) is 18.7. The topological polar surface area (TPSA) is 314 Å². The highest BCUT2D eigenvalue weighted by molar-refractivity contribution is 6.21. The summed E-state index contributed by atoms with van der Waals surface area (Å²) >= 11 is 6.38. The van der Waals surface area contributed by atoms with E-state index in [1.54, 1.807) is 86.8 Å². The van der Waals surface area contributed by atoms with Crippen molar-refractivity contribution in [1.82, 2.24) is 0 Å². The minimum atomic E-state index is -2.36. The molecule has 2 bridgehead atoms. The number of allylic oxidation sites excluding steroid dienone is 12. The second-order valence-corrected chi connectivity index (χ2v) is 18.0. The molecule has 2 saturated heterocycles. The van der Waals surface area contributed by atoms with Gasteiger partial charge in [0.05, 0.1) is 68.0 Å². The van der Waals surface area contributed by atoms with Gasteiger partial charge in [-0.15, -0.1) is 11.6 Å². The lowest BCUT2D eigenvalue weighted by molar-refractivity contribution is -0.305. The Balaban J connectivity index is 1.87. The predicted octanol–water partition coefficient (Wildman–Crippen LogP) is 0.964. The lowest BCUT2D eigenvalue weighted by Gasteiger charge is -2.45. The summed E-state index contributed by atoms with van der Waals surface area (Å²) in [6.07, 6.45) is 1.87. The number of aliphatic hydroxyl groups excluding tert-OH is 10. The van der Waals surface area contributed by atoms with Gasteiger partial charge in [-0.3, -0.25) is 9.59 Å². The molecular formula is C47H71ClO18. The van der Waals surface area contributed by atoms with Gasteiger partial charge < -0.3 is 80.2 Å². The van der Waals surface area contributed by atoms with Gasteiger partial charge in [-0.25, -0.2) is 0 Å². The van der Waals surface area contributed by atoms with Gasteiger partial charge >= 0.3 is 11.9 Å². The summed E-state index contributed by atoms with van der Waals surface area (Å²) in [6.45, 7) is 4.49. The Morgan fingerprint density at radius 3 is 1.86 bits per heavy atom. The summed E-state index contributed by atoms with van der Waals surface area (Å²) in [5, 5.41) is 126. The number of halogens is 1. The highest BCUT2D eigenvalue weighted by atomic mass is 35.5. The number of alkyl halides is 1. The molecule has 3 aliphatic rings. The average molecular weight is 960 g/mol. The molecule has 19 atom stereocenters. The van der Waals surface area contributed by atoms with Crippen LogP contribution in [-0.2, 0) is 28.5 Å². The van der Waals surface area contributed by atoms with Gasteiger partial charge in [0.15, 0.2) is 12.1 Å². The fourth-order valence-electron chi connectivity index (χ4n) is 7.94. The fourth-order valence-corrected chi connectivity index (χ4v) is 8.21. The number of carbonyl (C=O) groups is 2. The summed E-state index contributed by atoms with van der Waals surface area (Å²) in [5.41, 5.74) is 0. The second kappa shape index (κ2) is 28.4. The van der Waals surface area contributed by atoms with Gasteiger partial charge in [0.1, 0.15) is 35.7 Å². The van der Waals surface area contributed by atoms with E-state index in [0.717, 1.165) is 0 Å². The van der Waals surface area contributed by atoms with Crippen molar-refractivity contribution < 1.29 is 89.8 Å². The van der Waals surface area contributed by atoms with E-state index in [2.05, 4.69) is 0 Å². The van der Waals surface area contributed by atoms with E-state index in [4.69, 9.17) is 30.5 Å². The highest BCUT2D eigenvalue weighted by Gasteiger charge is 2.51. The second-order valence-electron chi connectivity index (χ2n) is 17.5. The van der Waals surface area contributed by atoms with Crippen molar-refractivity contribution in [3.8, 4) is 0 Å². The first kappa shape index (κ1) is 57.2. The molecular weight excluding hydrogens is 888 g/mol. The number of carbonyl (C=O) groups excluding carboxylic acids is 1. The van der Waals surface area contributed by atoms with Gasteiger partial charge in [0.25, 0.3) is 0 Å². The minimum absolute atomic E-state index is 0.119. The van der Waals surface area contributed by atoms with Crippen LogP contribution in [-0.4, -0.2) is 177 Å². The number of esters is 1. The maximum Gasteiger partial charge on any atom is 0.311 e. The number of carboxylic acid groups (broad SMARTS) is 1. The molecule has 0 aromatic heterocycles. The molecule has 2 fully saturated rings. The molecule has 12 N–H and O–H groups in total. The summed E-state index contributed by atoms with van der Waals surface area (Å²) < 4.78 is 23.1. The van der Waals surface area contributed by atoms with Gasteiger partial charge in [-0.2, -0.15) is 0 Å². The van der Waals surface area contributed by atoms with Crippen molar-refractivity contribution in [3.63, 3.8) is 0 Å². The van der Waals surface area contributed by atoms with E-state index in [0.29, 0.717) is 0 Å². The normalized spacial score (nSPS) is 45.0. The van der Waals surface area contributed by atoms with E-state index in [1.165, 1.54) is 6.08 Å². The summed E-state index contributed by atoms with van der Waals surface area (Å²) in [6, 6.07) is 0. The highest BCUT2D eigenvalue weighted by Crippen LogP contribution is 2.38. The molecule has 3 aliphatic heterocycles. The molecule has 3 rings (SSSR count). The zero-order valence-corrected chi connectivity index (χ0v) is 38.3. The Morgan fingerprint density at radius 1 is 0.712 bits per heavy atom. The Bertz CT molecular complexity index is 1680. The van der Waals surface area contributed by atoms with E-state index in [1.807, 2.05) is 13.0 Å². The molecule has 0 amide bonds. The minimum Gasteiger partial charge on any atom is -0.481 e. The molecule has 13 unspecified atom stereocenters. The summed E-state index contributed by atoms with van der Waals surface area (Å²) in [5.74, 6) is -6.94. The van der Waals surface area contributed by atoms with Gasteiger partial charge in [-0.05, 0) is 26.2 Å². The number of cyclic esters (lactones) is 1. The van der Waals surface area contributed by atoms with Crippen molar-refractivity contribution in [2.24, 2.45) is 17.8 Å². The van der Waals surface area contributed by atoms with Crippen LogP contribution in [0.1, 0.15) is 72.1 Å². The molecule has 66 heavy (non-hydrogen) atoms. The van der Waals surface area contributed by atoms with Crippen LogP contribution >= 0.6 is 11.6 Å². The Labute approximate surface area is 390 Å². The number of fused-ring (bicyclic) bond motifs is 2. The van der Waals surface area contributed by atoms with Crippen LogP contribution in [0, 0.1) is 17.8 Å². The lowest BCUT2D eigenvalue weighted by Crippen LogP contribution is -2.58. The Kier molecular flexibility index (Phi) is 24.6. The number of aliphatic hydroxyl groups is 11. The first-order chi connectivity index (χ1) is 31.2. The standard InChI is InChI=1S/C47H71ClO18/c1-27-16-14-12-10-8-6-4-5-7-9-11-13-15-17-33(64-46-41(48)44(59)43(58)38(26-49)65-46)23-37-40(45(60)61)36(55)25-47(62,66-37)24-32(52)21-35(54)34(53)19-18-30(50)20-31(51)22-39(56)63-29(3)28(2)42(27)57/h4-17,27-38,40-44,46,49-55,57-59,62H,18-26H2,1-3H3,(H,60,61)/b5-4+,8-6+,9-7+,12-10+,13-11+,16-14+,17-15+/t27-,28-,29-,30?,31?,32?,33?,34?,35?,36-,37-,38?,40?,41?,42+,43?,44?,46?,47?/m0/s1. The first-order valence-corrected chi connectivity index (χ1v) is 22.8. The average Bonchev–Trinajstić information content (AvgIpc) is 3.23. The molecule has 0 aromatic carbocycles. The lowest BCUT2D eigenvalue weighted by atomic mass is 9.82. The maximum absolute atomic E-state index is 12.6. The predicted molar refractivity (Wildman–Crippen MR) is 240 cm³/mol. The number of rotatable bonds is 4. The van der Waals surface area contributed by atoms with Crippen LogP contribution in [0.2, 0.25) is 0 Å². The van der Waals surface area contributed by atoms with Crippen LogP contribution in [0.3, 0.4) is 0 Å². The first-order valence-electron chi connectivity index (χ1n) is 22.3. The fraction of sp³-hybridized carbons (Fsp3) is 0.660. The Hall–Kier alpha value is -3.15. The molecule has 0 saturated carbocycles. The monoisotopic (exact) mass is 958 g/mol. The van der Waals surface area contributed by atoms with E-state index < -0.39 is 153 Å². The van der Waals surface area contributed by atoms with Gasteiger partial charge in [0.2, 0.25) is 0 Å². The van der Waals surface area contributed by atoms with Gasteiger partial charge in [0, 0.05) is 37.5 Å². The summed E-state index contributed by atoms with van der Waals surface area (Å²) in [4.78, 5) is 25.1. The number of aliphatic carboxylic acids is 1. The van der Waals surface area contributed by atoms with Gasteiger partial charge in [-0.1, -0.05) is 98.9 Å². The third-order valence-corrected chi connectivity index (χ3v) is 12.4. The van der Waals surface area contributed by atoms with Crippen molar-refractivity contribution in [3.05, 3.63) is 85.1 Å². The van der Waals surface area contributed by atoms with E-state index in [9.17, 15) is 70.9 Å². The molecule has 0 aliphatic carbocycles. The molecule has 3 heterocycles. The summed E-state index contributed by atoms with van der Waals surface area (Å²) in [7, 11) is 0. The molecule has 19 heteroatoms. The third-order valence-electron chi connectivity index (χ3n) is 11.9. The number of hydrogen-bond donors (Lipinski definition) is 12. The molecule has 374 valence electrons. The molecule has 18 nitrogen and oxygen atoms in total. The Morgan fingerprint density at radius 2 is 1.29 bits per heavy atom. The molecule has 0 aromatic rings. The van der Waals surface area contributed by atoms with E-state index >= 15 is 0 Å². The molecule has 0 radical (unpaired) electrons. The van der Waals surface area contributed by atoms with E-state index in [-0.39, 0.29) is 31.6 Å². The molecule has 0 spiro atoms. The number of ether oxygens (including phenoxy) is 4. The SMILES string of the molecule is C[C@@H]1[C@H](O)[C@@H](C)/C=C/C=C/C=C/C=C/C=C/C=C/C=C/C(OC2OC(CO)C(O)C(O)C2Cl)C[C@@H]2OC(O)(CC(O)CC(O)C(O)CCC(O)CC(O)CC(=O)O[C@H]1C)C[C@H](O)C2C(=O)O. The van der Waals surface area contributed by atoms with Crippen LogP contribution < -0.4 is 0 Å². The largest absolute Gasteiger partial charge is 0.481 e. The quantitative estimate of drug-likeness (QED) is 0.138. The van der Waals surface area contributed by atoms with Crippen molar-refractivity contribution in [2.45, 2.75) is 169 Å². The van der Waals surface area contributed by atoms with Crippen molar-refractivity contribution >= 4 is 23.5 Å². The smallest absolute Gasteiger partial charge is 0.311 e. The zero-order chi connectivity index (χ0) is 49.1. The van der Waals surface area contributed by atoms with Crippen LogP contribution in [0.15, 0.2) is 85.1 Å². The van der Waals surface area contributed by atoms with Crippen LogP contribution in [0.5, 0.6) is 0 Å².